The van der Waals surface area contributed by atoms with Crippen LogP contribution in [0.2, 0.25) is 0 Å². The third-order valence-electron chi connectivity index (χ3n) is 4.09. The van der Waals surface area contributed by atoms with E-state index in [1.54, 1.807) is 56.3 Å². The van der Waals surface area contributed by atoms with Crippen molar-refractivity contribution in [3.63, 3.8) is 0 Å². The molecule has 0 aliphatic heterocycles. The van der Waals surface area contributed by atoms with Crippen molar-refractivity contribution in [1.29, 1.82) is 0 Å². The van der Waals surface area contributed by atoms with Gasteiger partial charge in [-0.25, -0.2) is 13.2 Å². The minimum atomic E-state index is -3.59. The number of amides is 1. The number of carbonyl (C=O) groups excluding carboxylic acids is 2. The van der Waals surface area contributed by atoms with Crippen LogP contribution in [-0.2, 0) is 26.1 Å². The topological polar surface area (TPSA) is 92.8 Å². The Balaban J connectivity index is 2.15. The van der Waals surface area contributed by atoms with E-state index in [1.807, 2.05) is 6.07 Å². The fourth-order valence-corrected chi connectivity index (χ4v) is 3.36. The lowest BCUT2D eigenvalue weighted by molar-refractivity contribution is -0.116. The molecule has 2 rings (SSSR count). The molecule has 2 aromatic carbocycles. The average Bonchev–Trinajstić information content (AvgIpc) is 2.63. The monoisotopic (exact) mass is 404 g/mol. The van der Waals surface area contributed by atoms with Crippen molar-refractivity contribution in [2.24, 2.45) is 0 Å². The first-order chi connectivity index (χ1) is 13.2. The molecular formula is C20H24N2O5S. The smallest absolute Gasteiger partial charge is 0.338 e. The molecule has 0 fully saturated rings. The van der Waals surface area contributed by atoms with E-state index in [2.05, 4.69) is 5.32 Å². The van der Waals surface area contributed by atoms with Crippen molar-refractivity contribution in [2.45, 2.75) is 20.4 Å². The summed E-state index contributed by atoms with van der Waals surface area (Å²) >= 11 is 0. The van der Waals surface area contributed by atoms with Crippen molar-refractivity contribution in [1.82, 2.24) is 4.31 Å². The highest BCUT2D eigenvalue weighted by atomic mass is 32.2. The van der Waals surface area contributed by atoms with E-state index in [0.29, 0.717) is 16.8 Å². The van der Waals surface area contributed by atoms with Crippen molar-refractivity contribution >= 4 is 27.6 Å². The molecule has 0 aromatic heterocycles. The molecule has 0 aliphatic carbocycles. The maximum atomic E-state index is 12.5. The Labute approximate surface area is 165 Å². The molecule has 0 atom stereocenters. The summed E-state index contributed by atoms with van der Waals surface area (Å²) in [7, 11) is -3.59. The van der Waals surface area contributed by atoms with Crippen LogP contribution in [0.3, 0.4) is 0 Å². The Morgan fingerprint density at radius 1 is 1.07 bits per heavy atom. The van der Waals surface area contributed by atoms with Gasteiger partial charge in [0.25, 0.3) is 0 Å². The number of sulfonamides is 1. The Hall–Kier alpha value is -2.71. The summed E-state index contributed by atoms with van der Waals surface area (Å²) < 4.78 is 30.3. The normalized spacial score (nSPS) is 11.3. The van der Waals surface area contributed by atoms with Crippen LogP contribution in [0.1, 0.15) is 28.4 Å². The second-order valence-electron chi connectivity index (χ2n) is 6.26. The van der Waals surface area contributed by atoms with Crippen LogP contribution in [0.15, 0.2) is 48.5 Å². The molecular weight excluding hydrogens is 380 g/mol. The number of rotatable bonds is 8. The molecule has 0 radical (unpaired) electrons. The van der Waals surface area contributed by atoms with Gasteiger partial charge in [0.1, 0.15) is 0 Å². The Morgan fingerprint density at radius 3 is 2.36 bits per heavy atom. The average molecular weight is 404 g/mol. The molecule has 1 amide bonds. The van der Waals surface area contributed by atoms with Crippen molar-refractivity contribution < 1.29 is 22.7 Å². The number of carbonyl (C=O) groups is 2. The summed E-state index contributed by atoms with van der Waals surface area (Å²) in [6, 6.07) is 13.9. The van der Waals surface area contributed by atoms with Gasteiger partial charge in [-0.1, -0.05) is 36.4 Å². The molecule has 28 heavy (non-hydrogen) atoms. The maximum absolute atomic E-state index is 12.5. The zero-order valence-corrected chi connectivity index (χ0v) is 17.0. The van der Waals surface area contributed by atoms with E-state index < -0.39 is 21.9 Å². The SMILES string of the molecule is CCOC(=O)c1cccc(NC(=O)CN(Cc2ccccc2)S(C)(=O)=O)c1C. The number of benzene rings is 2. The number of hydrogen-bond donors (Lipinski definition) is 1. The summed E-state index contributed by atoms with van der Waals surface area (Å²) in [6.07, 6.45) is 1.07. The maximum Gasteiger partial charge on any atom is 0.338 e. The largest absolute Gasteiger partial charge is 0.462 e. The molecule has 8 heteroatoms. The summed E-state index contributed by atoms with van der Waals surface area (Å²) in [4.78, 5) is 24.5. The van der Waals surface area contributed by atoms with Gasteiger partial charge in [-0.3, -0.25) is 4.79 Å². The fourth-order valence-electron chi connectivity index (χ4n) is 2.63. The van der Waals surface area contributed by atoms with Gasteiger partial charge in [-0.2, -0.15) is 4.31 Å². The van der Waals surface area contributed by atoms with Gasteiger partial charge < -0.3 is 10.1 Å². The van der Waals surface area contributed by atoms with Crippen LogP contribution < -0.4 is 5.32 Å². The number of anilines is 1. The Bertz CT molecular complexity index is 942. The summed E-state index contributed by atoms with van der Waals surface area (Å²) in [5.41, 5.74) is 2.12. The molecule has 0 heterocycles. The summed E-state index contributed by atoms with van der Waals surface area (Å²) in [5.74, 6) is -0.969. The van der Waals surface area contributed by atoms with Gasteiger partial charge in [-0.05, 0) is 37.1 Å². The van der Waals surface area contributed by atoms with Gasteiger partial charge in [0.15, 0.2) is 0 Å². The number of hydrogen-bond acceptors (Lipinski definition) is 5. The molecule has 0 bridgehead atoms. The van der Waals surface area contributed by atoms with E-state index in [1.165, 1.54) is 0 Å². The van der Waals surface area contributed by atoms with Crippen molar-refractivity contribution in [3.05, 3.63) is 65.2 Å². The quantitative estimate of drug-likeness (QED) is 0.683. The second-order valence-corrected chi connectivity index (χ2v) is 8.25. The van der Waals surface area contributed by atoms with Crippen molar-refractivity contribution in [2.75, 3.05) is 24.7 Å². The lowest BCUT2D eigenvalue weighted by atomic mass is 10.1. The van der Waals surface area contributed by atoms with E-state index in [0.717, 1.165) is 16.1 Å². The molecule has 7 nitrogen and oxygen atoms in total. The summed E-state index contributed by atoms with van der Waals surface area (Å²) in [5, 5.41) is 2.68. The molecule has 0 saturated carbocycles. The van der Waals surface area contributed by atoms with E-state index in [-0.39, 0.29) is 19.7 Å². The third kappa shape index (κ3) is 5.90. The number of ether oxygens (including phenoxy) is 1. The molecule has 2 aromatic rings. The lowest BCUT2D eigenvalue weighted by Gasteiger charge is -2.20. The molecule has 0 spiro atoms. The van der Waals surface area contributed by atoms with Gasteiger partial charge in [0, 0.05) is 12.2 Å². The van der Waals surface area contributed by atoms with Crippen LogP contribution in [0.5, 0.6) is 0 Å². The van der Waals surface area contributed by atoms with Crippen LogP contribution in [-0.4, -0.2) is 44.0 Å². The van der Waals surface area contributed by atoms with Crippen LogP contribution in [0.25, 0.3) is 0 Å². The van der Waals surface area contributed by atoms with Crippen LogP contribution >= 0.6 is 0 Å². The molecule has 0 saturated heterocycles. The van der Waals surface area contributed by atoms with Gasteiger partial charge in [0.05, 0.1) is 25.0 Å². The minimum Gasteiger partial charge on any atom is -0.462 e. The van der Waals surface area contributed by atoms with Crippen LogP contribution in [0, 0.1) is 6.92 Å². The van der Waals surface area contributed by atoms with Gasteiger partial charge in [0.2, 0.25) is 15.9 Å². The Morgan fingerprint density at radius 2 is 1.75 bits per heavy atom. The zero-order valence-electron chi connectivity index (χ0n) is 16.1. The van der Waals surface area contributed by atoms with Crippen molar-refractivity contribution in [3.8, 4) is 0 Å². The summed E-state index contributed by atoms with van der Waals surface area (Å²) in [6.45, 7) is 3.41. The highest BCUT2D eigenvalue weighted by Gasteiger charge is 2.21. The first-order valence-corrected chi connectivity index (χ1v) is 10.6. The predicted octanol–water partition coefficient (Wildman–Crippen LogP) is 2.57. The first-order valence-electron chi connectivity index (χ1n) is 8.78. The minimum absolute atomic E-state index is 0.0922. The fraction of sp³-hybridized carbons (Fsp3) is 0.300. The van der Waals surface area contributed by atoms with Gasteiger partial charge >= 0.3 is 5.97 Å². The highest BCUT2D eigenvalue weighted by Crippen LogP contribution is 2.20. The van der Waals surface area contributed by atoms with E-state index >= 15 is 0 Å². The standard InChI is InChI=1S/C20H24N2O5S/c1-4-27-20(24)17-11-8-12-18(15(17)2)21-19(23)14-22(28(3,25)26)13-16-9-6-5-7-10-16/h5-12H,4,13-14H2,1-3H3,(H,21,23). The predicted molar refractivity (Wildman–Crippen MR) is 107 cm³/mol. The number of esters is 1. The Kier molecular flexibility index (Phi) is 7.31. The number of nitrogens with zero attached hydrogens (tertiary/aromatic N) is 1. The molecule has 1 N–H and O–H groups in total. The molecule has 0 aliphatic rings. The molecule has 0 unspecified atom stereocenters. The van der Waals surface area contributed by atoms with E-state index in [4.69, 9.17) is 4.74 Å². The van der Waals surface area contributed by atoms with Crippen LogP contribution in [0.4, 0.5) is 5.69 Å². The zero-order chi connectivity index (χ0) is 20.7. The number of nitrogens with one attached hydrogen (secondary N) is 1. The highest BCUT2D eigenvalue weighted by molar-refractivity contribution is 7.88. The third-order valence-corrected chi connectivity index (χ3v) is 5.29. The van der Waals surface area contributed by atoms with E-state index in [9.17, 15) is 18.0 Å². The molecule has 150 valence electrons. The lowest BCUT2D eigenvalue weighted by Crippen LogP contribution is -2.37. The van der Waals surface area contributed by atoms with Gasteiger partial charge in [-0.15, -0.1) is 0 Å². The second kappa shape index (κ2) is 9.48. The first kappa shape index (κ1) is 21.6.